The van der Waals surface area contributed by atoms with E-state index >= 15 is 0 Å². The number of aryl methyl sites for hydroxylation is 1. The Morgan fingerprint density at radius 2 is 1.89 bits per heavy atom. The maximum absolute atomic E-state index is 13.6. The van der Waals surface area contributed by atoms with Crippen LogP contribution in [0.3, 0.4) is 0 Å². The number of carbonyl (C=O) groups excluding carboxylic acids is 1. The zero-order chi connectivity index (χ0) is 18.6. The summed E-state index contributed by atoms with van der Waals surface area (Å²) in [6, 6.07) is 12.0. The zero-order valence-corrected chi connectivity index (χ0v) is 15.5. The van der Waals surface area contributed by atoms with Crippen LogP contribution >= 0.6 is 0 Å². The number of ether oxygens (including phenoxy) is 1. The minimum atomic E-state index is -0.342. The number of amides is 1. The number of nitrogens with zero attached hydrogens (tertiary/aromatic N) is 2. The summed E-state index contributed by atoms with van der Waals surface area (Å²) in [5.41, 5.74) is 2.46. The van der Waals surface area contributed by atoms with Crippen LogP contribution in [-0.4, -0.2) is 37.0 Å². The highest BCUT2D eigenvalue weighted by atomic mass is 19.1. The highest BCUT2D eigenvalue weighted by Gasteiger charge is 2.26. The summed E-state index contributed by atoms with van der Waals surface area (Å²) in [4.78, 5) is 16.6. The highest BCUT2D eigenvalue weighted by molar-refractivity contribution is 6.03. The fraction of sp³-hybridized carbons (Fsp3) is 0.409. The lowest BCUT2D eigenvalue weighted by atomic mass is 10.00. The summed E-state index contributed by atoms with van der Waals surface area (Å²) in [5, 5.41) is 0. The fourth-order valence-corrected chi connectivity index (χ4v) is 3.94. The third kappa shape index (κ3) is 4.14. The average molecular weight is 368 g/mol. The third-order valence-electron chi connectivity index (χ3n) is 5.30. The van der Waals surface area contributed by atoms with E-state index in [0.717, 1.165) is 30.0 Å². The molecule has 2 heterocycles. The molecule has 2 aromatic rings. The minimum absolute atomic E-state index is 0.00705. The maximum Gasteiger partial charge on any atom is 0.231 e. The van der Waals surface area contributed by atoms with Gasteiger partial charge in [-0.3, -0.25) is 9.69 Å². The van der Waals surface area contributed by atoms with Crippen LogP contribution in [0.5, 0.6) is 5.75 Å². The van der Waals surface area contributed by atoms with E-state index < -0.39 is 0 Å². The molecule has 142 valence electrons. The number of halogens is 1. The van der Waals surface area contributed by atoms with Gasteiger partial charge in [-0.1, -0.05) is 6.07 Å². The number of fused-ring (bicyclic) bond motifs is 1. The predicted molar refractivity (Wildman–Crippen MR) is 104 cm³/mol. The lowest BCUT2D eigenvalue weighted by Crippen LogP contribution is -2.30. The Kier molecular flexibility index (Phi) is 5.39. The summed E-state index contributed by atoms with van der Waals surface area (Å²) >= 11 is 0. The molecule has 1 amide bonds. The van der Waals surface area contributed by atoms with Gasteiger partial charge in [0.1, 0.15) is 11.6 Å². The molecule has 0 aliphatic carbocycles. The zero-order valence-electron chi connectivity index (χ0n) is 15.5. The summed E-state index contributed by atoms with van der Waals surface area (Å²) in [6.07, 6.45) is 4.75. The molecule has 4 rings (SSSR count). The van der Waals surface area contributed by atoms with E-state index in [2.05, 4.69) is 4.90 Å². The van der Waals surface area contributed by atoms with Crippen molar-refractivity contribution in [1.82, 2.24) is 4.90 Å². The van der Waals surface area contributed by atoms with Crippen LogP contribution in [0.15, 0.2) is 42.5 Å². The molecular weight excluding hydrogens is 343 g/mol. The highest BCUT2D eigenvalue weighted by Crippen LogP contribution is 2.36. The molecular formula is C22H25FN2O2. The first-order chi connectivity index (χ1) is 13.2. The predicted octanol–water partition coefficient (Wildman–Crippen LogP) is 4.30. The molecule has 1 fully saturated rings. The van der Waals surface area contributed by atoms with E-state index in [9.17, 15) is 9.18 Å². The molecule has 0 N–H and O–H groups in total. The van der Waals surface area contributed by atoms with Crippen molar-refractivity contribution in [2.75, 3.05) is 31.1 Å². The van der Waals surface area contributed by atoms with Gasteiger partial charge in [-0.25, -0.2) is 4.39 Å². The molecule has 27 heavy (non-hydrogen) atoms. The molecule has 0 radical (unpaired) electrons. The summed E-state index contributed by atoms with van der Waals surface area (Å²) < 4.78 is 19.5. The van der Waals surface area contributed by atoms with Gasteiger partial charge in [0, 0.05) is 13.0 Å². The first-order valence-electron chi connectivity index (χ1n) is 9.77. The van der Waals surface area contributed by atoms with Crippen molar-refractivity contribution in [3.05, 3.63) is 53.8 Å². The molecule has 5 heteroatoms. The molecule has 0 aromatic heterocycles. The molecule has 2 aliphatic rings. The normalized spacial score (nSPS) is 17.2. The monoisotopic (exact) mass is 368 g/mol. The van der Waals surface area contributed by atoms with Gasteiger partial charge in [-0.2, -0.15) is 0 Å². The van der Waals surface area contributed by atoms with Crippen LogP contribution in [0.2, 0.25) is 0 Å². The third-order valence-corrected chi connectivity index (χ3v) is 5.30. The molecule has 0 unspecified atom stereocenters. The first kappa shape index (κ1) is 18.0. The van der Waals surface area contributed by atoms with Crippen molar-refractivity contribution >= 4 is 17.3 Å². The maximum atomic E-state index is 13.6. The number of hydrogen-bond acceptors (Lipinski definition) is 3. The van der Waals surface area contributed by atoms with Gasteiger partial charge < -0.3 is 9.64 Å². The lowest BCUT2D eigenvalue weighted by Gasteiger charge is -2.30. The van der Waals surface area contributed by atoms with Crippen molar-refractivity contribution in [2.24, 2.45) is 0 Å². The van der Waals surface area contributed by atoms with Gasteiger partial charge in [-0.05, 0) is 80.7 Å². The van der Waals surface area contributed by atoms with Crippen molar-refractivity contribution in [3.63, 3.8) is 0 Å². The Morgan fingerprint density at radius 3 is 2.70 bits per heavy atom. The second-order valence-electron chi connectivity index (χ2n) is 7.25. The number of rotatable bonds is 6. The molecule has 4 nitrogen and oxygen atoms in total. The van der Waals surface area contributed by atoms with Crippen LogP contribution in [0.4, 0.5) is 15.8 Å². The Labute approximate surface area is 159 Å². The molecule has 0 spiro atoms. The molecule has 0 atom stereocenters. The van der Waals surface area contributed by atoms with Crippen LogP contribution in [0.25, 0.3) is 0 Å². The number of likely N-dealkylation sites (tertiary alicyclic amines) is 1. The topological polar surface area (TPSA) is 32.8 Å². The molecule has 2 aliphatic heterocycles. The number of hydrogen-bond donors (Lipinski definition) is 0. The van der Waals surface area contributed by atoms with Gasteiger partial charge in [0.15, 0.2) is 0 Å². The van der Waals surface area contributed by atoms with Crippen molar-refractivity contribution in [3.8, 4) is 5.75 Å². The standard InChI is InChI=1S/C22H25FN2O2/c23-18-5-3-6-19(16-18)25-21-9-8-20(15-17(21)7-10-22(25)26)27-14-4-13-24-11-1-2-12-24/h3,5-6,8-9,15-16H,1-2,4,7,10-14H2. The SMILES string of the molecule is O=C1CCc2cc(OCCCN3CCCC3)ccc2N1c1cccc(F)c1. The summed E-state index contributed by atoms with van der Waals surface area (Å²) in [5.74, 6) is 0.487. The van der Waals surface area contributed by atoms with Gasteiger partial charge in [-0.15, -0.1) is 0 Å². The number of benzene rings is 2. The van der Waals surface area contributed by atoms with Gasteiger partial charge >= 0.3 is 0 Å². The second-order valence-corrected chi connectivity index (χ2v) is 7.25. The van der Waals surface area contributed by atoms with E-state index in [-0.39, 0.29) is 11.7 Å². The van der Waals surface area contributed by atoms with E-state index in [4.69, 9.17) is 4.74 Å². The van der Waals surface area contributed by atoms with Crippen LogP contribution in [0, 0.1) is 5.82 Å². The molecule has 2 aromatic carbocycles. The minimum Gasteiger partial charge on any atom is -0.494 e. The molecule has 0 saturated carbocycles. The first-order valence-corrected chi connectivity index (χ1v) is 9.77. The van der Waals surface area contributed by atoms with Crippen molar-refractivity contribution < 1.29 is 13.9 Å². The van der Waals surface area contributed by atoms with E-state index in [1.165, 1.54) is 38.1 Å². The fourth-order valence-electron chi connectivity index (χ4n) is 3.94. The quantitative estimate of drug-likeness (QED) is 0.713. The van der Waals surface area contributed by atoms with Crippen molar-refractivity contribution in [1.29, 1.82) is 0 Å². The largest absolute Gasteiger partial charge is 0.494 e. The molecule has 1 saturated heterocycles. The smallest absolute Gasteiger partial charge is 0.231 e. The van der Waals surface area contributed by atoms with Gasteiger partial charge in [0.2, 0.25) is 5.91 Å². The second kappa shape index (κ2) is 8.09. The van der Waals surface area contributed by atoms with Gasteiger partial charge in [0.05, 0.1) is 18.0 Å². The Bertz CT molecular complexity index is 818. The Balaban J connectivity index is 1.44. The van der Waals surface area contributed by atoms with Crippen LogP contribution in [0.1, 0.15) is 31.2 Å². The Hall–Kier alpha value is -2.40. The number of anilines is 2. The van der Waals surface area contributed by atoms with Crippen molar-refractivity contribution in [2.45, 2.75) is 32.1 Å². The average Bonchev–Trinajstić information content (AvgIpc) is 3.19. The van der Waals surface area contributed by atoms with E-state index in [1.54, 1.807) is 17.0 Å². The van der Waals surface area contributed by atoms with Crippen LogP contribution in [-0.2, 0) is 11.2 Å². The summed E-state index contributed by atoms with van der Waals surface area (Å²) in [7, 11) is 0. The number of carbonyl (C=O) groups is 1. The van der Waals surface area contributed by atoms with E-state index in [1.807, 2.05) is 18.2 Å². The summed E-state index contributed by atoms with van der Waals surface area (Å²) in [6.45, 7) is 4.21. The van der Waals surface area contributed by atoms with Gasteiger partial charge in [0.25, 0.3) is 0 Å². The van der Waals surface area contributed by atoms with E-state index in [0.29, 0.717) is 25.1 Å². The van der Waals surface area contributed by atoms with Crippen LogP contribution < -0.4 is 9.64 Å². The Morgan fingerprint density at radius 1 is 1.04 bits per heavy atom. The lowest BCUT2D eigenvalue weighted by molar-refractivity contribution is -0.118. The molecule has 0 bridgehead atoms.